The van der Waals surface area contributed by atoms with E-state index in [1.165, 1.54) is 29.5 Å². The van der Waals surface area contributed by atoms with Crippen LogP contribution >= 0.6 is 34.5 Å². The summed E-state index contributed by atoms with van der Waals surface area (Å²) in [4.78, 5) is 13.8. The number of alkyl halides is 2. The lowest BCUT2D eigenvalue weighted by atomic mass is 10.1. The van der Waals surface area contributed by atoms with Crippen LogP contribution in [0.1, 0.15) is 30.4 Å². The van der Waals surface area contributed by atoms with Gasteiger partial charge in [-0.05, 0) is 41.1 Å². The summed E-state index contributed by atoms with van der Waals surface area (Å²) in [6, 6.07) is 18.3. The van der Waals surface area contributed by atoms with Gasteiger partial charge in [-0.1, -0.05) is 67.4 Å². The molecule has 1 fully saturated rings. The highest BCUT2D eigenvalue weighted by molar-refractivity contribution is 7.10. The third kappa shape index (κ3) is 4.59. The highest BCUT2D eigenvalue weighted by Crippen LogP contribution is 2.69. The molecule has 4 nitrogen and oxygen atoms in total. The van der Waals surface area contributed by atoms with Gasteiger partial charge in [0.15, 0.2) is 15.9 Å². The summed E-state index contributed by atoms with van der Waals surface area (Å²) in [5, 5.41) is 11.5. The number of nitrogens with zero attached hydrogens (tertiary/aromatic N) is 1. The van der Waals surface area contributed by atoms with Crippen LogP contribution in [0.3, 0.4) is 0 Å². The first kappa shape index (κ1) is 23.6. The fourth-order valence-electron chi connectivity index (χ4n) is 4.11. The number of benzene rings is 2. The minimum absolute atomic E-state index is 0.0714. The van der Waals surface area contributed by atoms with Crippen molar-refractivity contribution in [2.24, 2.45) is 17.3 Å². The molecule has 3 unspecified atom stereocenters. The van der Waals surface area contributed by atoms with Crippen LogP contribution in [0.2, 0.25) is 0 Å². The lowest BCUT2D eigenvalue weighted by Gasteiger charge is -2.19. The zero-order chi connectivity index (χ0) is 23.8. The molecule has 170 valence electrons. The van der Waals surface area contributed by atoms with E-state index in [0.717, 1.165) is 4.88 Å². The number of thiophene rings is 1. The van der Waals surface area contributed by atoms with Crippen LogP contribution in [0.15, 0.2) is 66.0 Å². The first-order valence-corrected chi connectivity index (χ1v) is 11.8. The predicted molar refractivity (Wildman–Crippen MR) is 126 cm³/mol. The average molecular weight is 504 g/mol. The molecule has 33 heavy (non-hydrogen) atoms. The van der Waals surface area contributed by atoms with Crippen LogP contribution in [0.25, 0.3) is 0 Å². The van der Waals surface area contributed by atoms with Crippen LogP contribution in [0, 0.1) is 34.4 Å². The Hall–Kier alpha value is -2.59. The SMILES string of the molecule is CC1(C)C(C(=O)OC(C#N)c2ccc(F)c(Oc3ccccc3)c2)C1C(Cl)(Cl)c1cccs1. The molecule has 8 heteroatoms. The van der Waals surface area contributed by atoms with Crippen LogP contribution in [-0.2, 0) is 13.9 Å². The zero-order valence-corrected chi connectivity index (χ0v) is 20.1. The Morgan fingerprint density at radius 2 is 1.91 bits per heavy atom. The van der Waals surface area contributed by atoms with E-state index in [9.17, 15) is 14.4 Å². The monoisotopic (exact) mass is 503 g/mol. The van der Waals surface area contributed by atoms with Crippen molar-refractivity contribution in [3.8, 4) is 17.6 Å². The molecule has 0 saturated heterocycles. The molecule has 0 amide bonds. The normalized spacial score (nSPS) is 19.9. The van der Waals surface area contributed by atoms with Crippen LogP contribution < -0.4 is 4.74 Å². The van der Waals surface area contributed by atoms with Crippen LogP contribution in [0.4, 0.5) is 4.39 Å². The first-order chi connectivity index (χ1) is 15.7. The van der Waals surface area contributed by atoms with E-state index in [4.69, 9.17) is 32.7 Å². The number of esters is 1. The molecule has 1 aliphatic rings. The molecule has 0 aliphatic heterocycles. The van der Waals surface area contributed by atoms with E-state index < -0.39 is 33.6 Å². The lowest BCUT2D eigenvalue weighted by molar-refractivity contribution is -0.149. The molecule has 2 aromatic carbocycles. The Kier molecular flexibility index (Phi) is 6.41. The number of nitriles is 1. The molecular weight excluding hydrogens is 484 g/mol. The lowest BCUT2D eigenvalue weighted by Crippen LogP contribution is -2.18. The summed E-state index contributed by atoms with van der Waals surface area (Å²) < 4.78 is 24.2. The predicted octanol–water partition coefficient (Wildman–Crippen LogP) is 7.39. The Balaban J connectivity index is 1.52. The maximum Gasteiger partial charge on any atom is 0.311 e. The highest BCUT2D eigenvalue weighted by Gasteiger charge is 2.70. The van der Waals surface area contributed by atoms with E-state index >= 15 is 0 Å². The largest absolute Gasteiger partial charge is 0.454 e. The fraction of sp³-hybridized carbons (Fsp3) is 0.280. The molecule has 0 bridgehead atoms. The van der Waals surface area contributed by atoms with Gasteiger partial charge in [0.05, 0.1) is 5.92 Å². The molecule has 1 aromatic heterocycles. The molecule has 3 atom stereocenters. The van der Waals surface area contributed by atoms with Gasteiger partial charge in [0.2, 0.25) is 6.10 Å². The van der Waals surface area contributed by atoms with E-state index in [-0.39, 0.29) is 11.7 Å². The van der Waals surface area contributed by atoms with Crippen molar-refractivity contribution in [3.63, 3.8) is 0 Å². The average Bonchev–Trinajstić information content (AvgIpc) is 3.13. The van der Waals surface area contributed by atoms with Crippen molar-refractivity contribution in [2.75, 3.05) is 0 Å². The second-order valence-corrected chi connectivity index (χ2v) is 10.8. The standard InChI is InChI=1S/C25H20Cl2FNO3S/c1-24(2)21(22(24)25(26,27)20-9-6-12-33-20)23(30)32-19(14-29)15-10-11-17(28)18(13-15)31-16-7-4-3-5-8-16/h3-13,19,21-22H,1-2H3. The number of hydrogen-bond donors (Lipinski definition) is 0. The minimum atomic E-state index is -1.25. The van der Waals surface area contributed by atoms with Gasteiger partial charge in [-0.2, -0.15) is 5.26 Å². The maximum absolute atomic E-state index is 14.3. The second-order valence-electron chi connectivity index (χ2n) is 8.43. The Morgan fingerprint density at radius 3 is 2.55 bits per heavy atom. The highest BCUT2D eigenvalue weighted by atomic mass is 35.5. The summed E-state index contributed by atoms with van der Waals surface area (Å²) in [5.41, 5.74) is -0.218. The molecule has 1 aliphatic carbocycles. The summed E-state index contributed by atoms with van der Waals surface area (Å²) >= 11 is 14.8. The van der Waals surface area contributed by atoms with Crippen molar-refractivity contribution in [2.45, 2.75) is 24.3 Å². The van der Waals surface area contributed by atoms with Gasteiger partial charge in [0, 0.05) is 16.4 Å². The molecule has 1 heterocycles. The molecule has 0 spiro atoms. The number of carbonyl (C=O) groups is 1. The van der Waals surface area contributed by atoms with Crippen molar-refractivity contribution >= 4 is 40.5 Å². The molecule has 4 rings (SSSR count). The van der Waals surface area contributed by atoms with E-state index in [0.29, 0.717) is 11.3 Å². The molecule has 1 saturated carbocycles. The van der Waals surface area contributed by atoms with Gasteiger partial charge in [-0.15, -0.1) is 11.3 Å². The third-order valence-electron chi connectivity index (χ3n) is 5.90. The number of para-hydroxylation sites is 1. The van der Waals surface area contributed by atoms with Crippen molar-refractivity contribution in [1.29, 1.82) is 5.26 Å². The topological polar surface area (TPSA) is 59.3 Å². The Bertz CT molecular complexity index is 1190. The number of hydrogen-bond acceptors (Lipinski definition) is 5. The first-order valence-electron chi connectivity index (χ1n) is 10.2. The number of rotatable bonds is 7. The van der Waals surface area contributed by atoms with E-state index in [1.807, 2.05) is 43.5 Å². The van der Waals surface area contributed by atoms with Crippen molar-refractivity contribution < 1.29 is 18.7 Å². The van der Waals surface area contributed by atoms with Gasteiger partial charge in [-0.25, -0.2) is 4.39 Å². The quantitative estimate of drug-likeness (QED) is 0.249. The van der Waals surface area contributed by atoms with Gasteiger partial charge in [-0.3, -0.25) is 4.79 Å². The number of ether oxygens (including phenoxy) is 2. The fourth-order valence-corrected chi connectivity index (χ4v) is 6.06. The van der Waals surface area contributed by atoms with Gasteiger partial charge in [0.1, 0.15) is 11.8 Å². The summed E-state index contributed by atoms with van der Waals surface area (Å²) in [5.74, 6) is -1.78. The van der Waals surface area contributed by atoms with E-state index in [1.54, 1.807) is 24.3 Å². The second kappa shape index (κ2) is 8.98. The Labute approximate surface area is 205 Å². The van der Waals surface area contributed by atoms with Crippen molar-refractivity contribution in [3.05, 3.63) is 82.3 Å². The summed E-state index contributed by atoms with van der Waals surface area (Å²) in [6.07, 6.45) is -1.24. The summed E-state index contributed by atoms with van der Waals surface area (Å²) in [7, 11) is 0. The molecular formula is C25H20Cl2FNO3S. The third-order valence-corrected chi connectivity index (χ3v) is 8.01. The summed E-state index contributed by atoms with van der Waals surface area (Å²) in [6.45, 7) is 3.78. The molecule has 0 radical (unpaired) electrons. The van der Waals surface area contributed by atoms with Gasteiger partial charge >= 0.3 is 5.97 Å². The minimum Gasteiger partial charge on any atom is -0.454 e. The van der Waals surface area contributed by atoms with Gasteiger partial charge < -0.3 is 9.47 Å². The van der Waals surface area contributed by atoms with Gasteiger partial charge in [0.25, 0.3) is 0 Å². The zero-order valence-electron chi connectivity index (χ0n) is 17.8. The maximum atomic E-state index is 14.3. The molecule has 3 aromatic rings. The smallest absolute Gasteiger partial charge is 0.311 e. The number of halogens is 3. The van der Waals surface area contributed by atoms with Crippen LogP contribution in [-0.4, -0.2) is 5.97 Å². The van der Waals surface area contributed by atoms with E-state index in [2.05, 4.69) is 0 Å². The van der Waals surface area contributed by atoms with Crippen molar-refractivity contribution in [1.82, 2.24) is 0 Å². The number of carbonyl (C=O) groups excluding carboxylic acids is 1. The van der Waals surface area contributed by atoms with Crippen LogP contribution in [0.5, 0.6) is 11.5 Å². The molecule has 0 N–H and O–H groups in total. The Morgan fingerprint density at radius 1 is 1.18 bits per heavy atom.